The molecule has 0 saturated heterocycles. The van der Waals surface area contributed by atoms with Gasteiger partial charge in [0.15, 0.2) is 6.19 Å². The van der Waals surface area contributed by atoms with Crippen molar-refractivity contribution in [1.29, 1.82) is 5.26 Å². The average molecular weight is 309 g/mol. The first-order valence-corrected chi connectivity index (χ1v) is 9.40. The van der Waals surface area contributed by atoms with Crippen molar-refractivity contribution in [2.45, 2.75) is 57.8 Å². The first-order valence-electron chi connectivity index (χ1n) is 9.40. The molecule has 1 fully saturated rings. The summed E-state index contributed by atoms with van der Waals surface area (Å²) >= 11 is 0. The molecule has 23 heavy (non-hydrogen) atoms. The lowest BCUT2D eigenvalue weighted by atomic mass is 9.76. The summed E-state index contributed by atoms with van der Waals surface area (Å²) in [6.07, 6.45) is 18.4. The van der Waals surface area contributed by atoms with Crippen LogP contribution in [0.1, 0.15) is 56.2 Å². The Kier molecular flexibility index (Phi) is 4.16. The van der Waals surface area contributed by atoms with Crippen LogP contribution < -0.4 is 10.6 Å². The lowest BCUT2D eigenvalue weighted by Crippen LogP contribution is -2.35. The zero-order valence-corrected chi connectivity index (χ0v) is 14.0. The highest BCUT2D eigenvalue weighted by atomic mass is 15.1. The number of fused-ring (bicyclic) bond motifs is 4. The van der Waals surface area contributed by atoms with Crippen molar-refractivity contribution in [1.82, 2.24) is 9.88 Å². The highest BCUT2D eigenvalue weighted by Gasteiger charge is 2.28. The summed E-state index contributed by atoms with van der Waals surface area (Å²) < 4.78 is 0. The van der Waals surface area contributed by atoms with E-state index in [-0.39, 0.29) is 0 Å². The number of aryl methyl sites for hydroxylation is 1. The van der Waals surface area contributed by atoms with E-state index in [0.717, 1.165) is 44.2 Å². The molecule has 3 nitrogen and oxygen atoms in total. The van der Waals surface area contributed by atoms with Crippen molar-refractivity contribution in [3.05, 3.63) is 21.8 Å². The fourth-order valence-electron chi connectivity index (χ4n) is 4.93. The van der Waals surface area contributed by atoms with Crippen LogP contribution in [0.15, 0.2) is 0 Å². The van der Waals surface area contributed by atoms with E-state index in [1.54, 1.807) is 0 Å². The fourth-order valence-corrected chi connectivity index (χ4v) is 4.93. The third-order valence-corrected chi connectivity index (χ3v) is 6.19. The maximum Gasteiger partial charge on any atom is 0.179 e. The summed E-state index contributed by atoms with van der Waals surface area (Å²) in [7, 11) is 0. The molecule has 0 amide bonds. The summed E-state index contributed by atoms with van der Waals surface area (Å²) in [6, 6.07) is 0. The zero-order chi connectivity index (χ0) is 15.6. The Hall–Kier alpha value is -1.69. The third kappa shape index (κ3) is 2.92. The quantitative estimate of drug-likeness (QED) is 0.748. The topological polar surface area (TPSA) is 42.8 Å². The largest absolute Gasteiger partial charge is 0.358 e. The summed E-state index contributed by atoms with van der Waals surface area (Å²) in [5.41, 5.74) is 2.94. The van der Waals surface area contributed by atoms with Gasteiger partial charge in [0.05, 0.1) is 0 Å². The van der Waals surface area contributed by atoms with Crippen LogP contribution in [0.3, 0.4) is 0 Å². The predicted molar refractivity (Wildman–Crippen MR) is 92.9 cm³/mol. The van der Waals surface area contributed by atoms with Crippen LogP contribution in [-0.2, 0) is 12.8 Å². The number of nitrogens with one attached hydrogen (secondary N) is 1. The van der Waals surface area contributed by atoms with E-state index in [4.69, 9.17) is 0 Å². The van der Waals surface area contributed by atoms with Gasteiger partial charge in [-0.2, -0.15) is 5.26 Å². The van der Waals surface area contributed by atoms with Crippen LogP contribution in [0.4, 0.5) is 0 Å². The van der Waals surface area contributed by atoms with Crippen molar-refractivity contribution >= 4 is 12.2 Å². The summed E-state index contributed by atoms with van der Waals surface area (Å²) in [5.74, 6) is 1.53. The van der Waals surface area contributed by atoms with E-state index in [9.17, 15) is 5.26 Å². The van der Waals surface area contributed by atoms with Gasteiger partial charge >= 0.3 is 0 Å². The van der Waals surface area contributed by atoms with Gasteiger partial charge in [-0.1, -0.05) is 31.4 Å². The standard InChI is InChI=1S/C20H27N3/c21-14-23-12-11-18-17-7-3-4-8-19(17)22-20(18)10-9-15-5-1-2-6-16(15)13-23/h7-8,15-16,22H,1-6,9-13H2. The van der Waals surface area contributed by atoms with Gasteiger partial charge in [-0.3, -0.25) is 0 Å². The molecule has 1 N–H and O–H groups in total. The third-order valence-electron chi connectivity index (χ3n) is 6.19. The Bertz CT molecular complexity index is 721. The molecule has 1 aliphatic heterocycles. The molecular weight excluding hydrogens is 282 g/mol. The highest BCUT2D eigenvalue weighted by molar-refractivity contribution is 5.42. The molecule has 4 rings (SSSR count). The molecule has 0 radical (unpaired) electrons. The van der Waals surface area contributed by atoms with Gasteiger partial charge in [-0.05, 0) is 61.1 Å². The SMILES string of the molecule is N#CN1CCc2c([nH]c3c2=CCCC=3)CCC2CCCCC2C1. The second-order valence-electron chi connectivity index (χ2n) is 7.53. The molecule has 1 saturated carbocycles. The minimum atomic E-state index is 0.729. The smallest absolute Gasteiger partial charge is 0.179 e. The minimum absolute atomic E-state index is 0.729. The molecule has 122 valence electrons. The minimum Gasteiger partial charge on any atom is -0.358 e. The predicted octanol–water partition coefficient (Wildman–Crippen LogP) is 2.45. The maximum atomic E-state index is 9.55. The summed E-state index contributed by atoms with van der Waals surface area (Å²) in [5, 5.41) is 12.3. The van der Waals surface area contributed by atoms with E-state index in [2.05, 4.69) is 23.3 Å². The summed E-state index contributed by atoms with van der Waals surface area (Å²) in [4.78, 5) is 5.74. The second-order valence-corrected chi connectivity index (χ2v) is 7.53. The van der Waals surface area contributed by atoms with Crippen LogP contribution in [-0.4, -0.2) is 23.0 Å². The highest BCUT2D eigenvalue weighted by Crippen LogP contribution is 2.34. The Morgan fingerprint density at radius 2 is 1.87 bits per heavy atom. The Balaban J connectivity index is 1.69. The summed E-state index contributed by atoms with van der Waals surface area (Å²) in [6.45, 7) is 1.86. The Morgan fingerprint density at radius 1 is 1.04 bits per heavy atom. The van der Waals surface area contributed by atoms with E-state index in [1.165, 1.54) is 60.4 Å². The van der Waals surface area contributed by atoms with Gasteiger partial charge in [0.25, 0.3) is 0 Å². The van der Waals surface area contributed by atoms with Crippen molar-refractivity contribution in [2.75, 3.05) is 13.1 Å². The first kappa shape index (κ1) is 14.9. The molecule has 2 unspecified atom stereocenters. The molecule has 0 bridgehead atoms. The Labute approximate surface area is 138 Å². The zero-order valence-electron chi connectivity index (χ0n) is 14.0. The first-order chi connectivity index (χ1) is 11.3. The van der Waals surface area contributed by atoms with E-state index >= 15 is 0 Å². The molecule has 3 heteroatoms. The number of H-pyrrole nitrogens is 1. The number of hydrogen-bond donors (Lipinski definition) is 1. The van der Waals surface area contributed by atoms with Gasteiger partial charge < -0.3 is 9.88 Å². The number of rotatable bonds is 0. The molecule has 1 aromatic rings. The molecule has 2 heterocycles. The number of nitriles is 1. The number of aromatic nitrogens is 1. The molecule has 0 aromatic carbocycles. The second kappa shape index (κ2) is 6.43. The lowest BCUT2D eigenvalue weighted by molar-refractivity contribution is 0.175. The van der Waals surface area contributed by atoms with Crippen LogP contribution in [0, 0.1) is 23.3 Å². The van der Waals surface area contributed by atoms with Crippen LogP contribution >= 0.6 is 0 Å². The van der Waals surface area contributed by atoms with Gasteiger partial charge in [0.2, 0.25) is 0 Å². The lowest BCUT2D eigenvalue weighted by Gasteiger charge is -2.34. The van der Waals surface area contributed by atoms with Crippen LogP contribution in [0.25, 0.3) is 12.2 Å². The van der Waals surface area contributed by atoms with Gasteiger partial charge in [-0.15, -0.1) is 0 Å². The maximum absolute atomic E-state index is 9.55. The number of nitrogens with zero attached hydrogens (tertiary/aromatic N) is 2. The molecule has 2 aliphatic carbocycles. The monoisotopic (exact) mass is 309 g/mol. The van der Waals surface area contributed by atoms with Crippen molar-refractivity contribution in [3.63, 3.8) is 0 Å². The van der Waals surface area contributed by atoms with Gasteiger partial charge in [0.1, 0.15) is 0 Å². The van der Waals surface area contributed by atoms with Crippen molar-refractivity contribution < 1.29 is 0 Å². The normalized spacial score (nSPS) is 27.5. The Morgan fingerprint density at radius 3 is 2.74 bits per heavy atom. The fraction of sp³-hybridized carbons (Fsp3) is 0.650. The molecule has 1 aromatic heterocycles. The van der Waals surface area contributed by atoms with Crippen LogP contribution in [0.2, 0.25) is 0 Å². The van der Waals surface area contributed by atoms with Gasteiger partial charge in [0, 0.05) is 24.1 Å². The van der Waals surface area contributed by atoms with E-state index in [0.29, 0.717) is 0 Å². The van der Waals surface area contributed by atoms with E-state index < -0.39 is 0 Å². The van der Waals surface area contributed by atoms with E-state index in [1.807, 2.05) is 4.90 Å². The molecular formula is C20H27N3. The van der Waals surface area contributed by atoms with Crippen LogP contribution in [0.5, 0.6) is 0 Å². The van der Waals surface area contributed by atoms with Crippen molar-refractivity contribution in [2.24, 2.45) is 11.8 Å². The van der Waals surface area contributed by atoms with Crippen molar-refractivity contribution in [3.8, 4) is 6.19 Å². The molecule has 2 atom stereocenters. The number of aromatic amines is 1. The van der Waals surface area contributed by atoms with Gasteiger partial charge in [-0.25, -0.2) is 0 Å². The molecule has 3 aliphatic rings. The molecule has 0 spiro atoms. The average Bonchev–Trinajstić information content (AvgIpc) is 2.95. The number of hydrogen-bond acceptors (Lipinski definition) is 2.